The molecule has 4 rings (SSSR count). The number of anilines is 1. The Morgan fingerprint density at radius 1 is 1.10 bits per heavy atom. The van der Waals surface area contributed by atoms with Crippen LogP contribution in [0.25, 0.3) is 10.2 Å². The third-order valence-corrected chi connectivity index (χ3v) is 8.10. The maximum Gasteiger partial charge on any atom is 0.238 e. The van der Waals surface area contributed by atoms with Crippen LogP contribution in [0.1, 0.15) is 5.56 Å². The molecule has 1 aliphatic rings. The SMILES string of the molecule is COc1ccc(C)c2sc(N3CCN(C(=O)CS(=O)(=O)c4ccccc4)CC3)nc12. The fourth-order valence-corrected chi connectivity index (χ4v) is 5.86. The molecule has 1 aliphatic heterocycles. The van der Waals surface area contributed by atoms with Crippen LogP contribution in [0.3, 0.4) is 0 Å². The van der Waals surface area contributed by atoms with Crippen molar-refractivity contribution in [2.75, 3.05) is 43.9 Å². The summed E-state index contributed by atoms with van der Waals surface area (Å²) in [5.41, 5.74) is 2.00. The number of carbonyl (C=O) groups is 1. The van der Waals surface area contributed by atoms with E-state index >= 15 is 0 Å². The number of carbonyl (C=O) groups excluding carboxylic acids is 1. The van der Waals surface area contributed by atoms with Gasteiger partial charge in [-0.25, -0.2) is 13.4 Å². The van der Waals surface area contributed by atoms with Crippen molar-refractivity contribution in [1.82, 2.24) is 9.88 Å². The number of methoxy groups -OCH3 is 1. The Bertz CT molecular complexity index is 1170. The van der Waals surface area contributed by atoms with Gasteiger partial charge in [0, 0.05) is 26.2 Å². The Morgan fingerprint density at radius 3 is 2.47 bits per heavy atom. The highest BCUT2D eigenvalue weighted by molar-refractivity contribution is 7.92. The lowest BCUT2D eigenvalue weighted by Gasteiger charge is -2.34. The van der Waals surface area contributed by atoms with Crippen LogP contribution in [-0.2, 0) is 14.6 Å². The van der Waals surface area contributed by atoms with Gasteiger partial charge in [0.15, 0.2) is 15.0 Å². The highest BCUT2D eigenvalue weighted by Crippen LogP contribution is 2.36. The van der Waals surface area contributed by atoms with E-state index in [4.69, 9.17) is 9.72 Å². The maximum atomic E-state index is 12.6. The number of thiazole rings is 1. The highest BCUT2D eigenvalue weighted by atomic mass is 32.2. The van der Waals surface area contributed by atoms with Crippen LogP contribution >= 0.6 is 11.3 Å². The normalized spacial score (nSPS) is 14.9. The van der Waals surface area contributed by atoms with Gasteiger partial charge in [-0.2, -0.15) is 0 Å². The van der Waals surface area contributed by atoms with E-state index < -0.39 is 15.6 Å². The average molecular weight is 446 g/mol. The Labute approximate surface area is 179 Å². The molecule has 1 saturated heterocycles. The summed E-state index contributed by atoms with van der Waals surface area (Å²) in [5.74, 6) is -0.118. The highest BCUT2D eigenvalue weighted by Gasteiger charge is 2.27. The van der Waals surface area contributed by atoms with E-state index in [-0.39, 0.29) is 10.8 Å². The minimum absolute atomic E-state index is 0.177. The predicted molar refractivity (Wildman–Crippen MR) is 118 cm³/mol. The molecule has 0 N–H and O–H groups in total. The molecule has 158 valence electrons. The first-order valence-corrected chi connectivity index (χ1v) is 12.1. The summed E-state index contributed by atoms with van der Waals surface area (Å²) in [5, 5.41) is 0.890. The Balaban J connectivity index is 1.43. The number of rotatable bonds is 5. The molecule has 0 bridgehead atoms. The number of ether oxygens (including phenoxy) is 1. The summed E-state index contributed by atoms with van der Waals surface area (Å²) >= 11 is 1.61. The lowest BCUT2D eigenvalue weighted by atomic mass is 10.2. The number of benzene rings is 2. The van der Waals surface area contributed by atoms with Crippen LogP contribution < -0.4 is 9.64 Å². The molecular formula is C21H23N3O4S2. The number of sulfone groups is 1. The van der Waals surface area contributed by atoms with Gasteiger partial charge in [-0.1, -0.05) is 35.6 Å². The second-order valence-electron chi connectivity index (χ2n) is 7.20. The lowest BCUT2D eigenvalue weighted by Crippen LogP contribution is -2.50. The van der Waals surface area contributed by atoms with E-state index in [9.17, 15) is 13.2 Å². The van der Waals surface area contributed by atoms with Gasteiger partial charge in [0.1, 0.15) is 17.0 Å². The number of aromatic nitrogens is 1. The number of fused-ring (bicyclic) bond motifs is 1. The minimum Gasteiger partial charge on any atom is -0.494 e. The maximum absolute atomic E-state index is 12.6. The third kappa shape index (κ3) is 3.99. The molecule has 0 radical (unpaired) electrons. The van der Waals surface area contributed by atoms with Crippen molar-refractivity contribution in [3.63, 3.8) is 0 Å². The Hall–Kier alpha value is -2.65. The number of amides is 1. The van der Waals surface area contributed by atoms with Crippen LogP contribution in [0.2, 0.25) is 0 Å². The van der Waals surface area contributed by atoms with Gasteiger partial charge in [0.2, 0.25) is 5.91 Å². The van der Waals surface area contributed by atoms with Crippen molar-refractivity contribution in [1.29, 1.82) is 0 Å². The predicted octanol–water partition coefficient (Wildman–Crippen LogP) is 2.74. The third-order valence-electron chi connectivity index (χ3n) is 5.23. The van der Waals surface area contributed by atoms with Gasteiger partial charge in [0.25, 0.3) is 0 Å². The van der Waals surface area contributed by atoms with E-state index in [1.807, 2.05) is 19.1 Å². The van der Waals surface area contributed by atoms with E-state index in [1.54, 1.807) is 41.5 Å². The quantitative estimate of drug-likeness (QED) is 0.601. The van der Waals surface area contributed by atoms with Crippen molar-refractivity contribution >= 4 is 42.4 Å². The Kier molecular flexibility index (Phi) is 5.66. The fourth-order valence-electron chi connectivity index (χ4n) is 3.51. The summed E-state index contributed by atoms with van der Waals surface area (Å²) in [6.45, 7) is 4.20. The van der Waals surface area contributed by atoms with Gasteiger partial charge in [0.05, 0.1) is 16.7 Å². The number of piperazine rings is 1. The standard InChI is InChI=1S/C21H23N3O4S2/c1-15-8-9-17(28-2)19-20(15)29-21(22-19)24-12-10-23(11-13-24)18(25)14-30(26,27)16-6-4-3-5-7-16/h3-9H,10-14H2,1-2H3. The van der Waals surface area contributed by atoms with E-state index in [2.05, 4.69) is 4.90 Å². The molecule has 30 heavy (non-hydrogen) atoms. The molecule has 1 fully saturated rings. The van der Waals surface area contributed by atoms with Gasteiger partial charge in [-0.15, -0.1) is 0 Å². The zero-order chi connectivity index (χ0) is 21.3. The number of nitrogens with zero attached hydrogens (tertiary/aromatic N) is 3. The van der Waals surface area contributed by atoms with Crippen molar-refractivity contribution in [2.45, 2.75) is 11.8 Å². The van der Waals surface area contributed by atoms with Gasteiger partial charge in [-0.05, 0) is 30.7 Å². The zero-order valence-corrected chi connectivity index (χ0v) is 18.5. The number of hydrogen-bond donors (Lipinski definition) is 0. The number of hydrogen-bond acceptors (Lipinski definition) is 7. The van der Waals surface area contributed by atoms with Crippen LogP contribution in [0.15, 0.2) is 47.4 Å². The van der Waals surface area contributed by atoms with Crippen LogP contribution in [0.5, 0.6) is 5.75 Å². The molecule has 2 aromatic carbocycles. The average Bonchev–Trinajstić information content (AvgIpc) is 3.21. The molecule has 7 nitrogen and oxygen atoms in total. The second kappa shape index (κ2) is 8.23. The van der Waals surface area contributed by atoms with Gasteiger partial charge in [-0.3, -0.25) is 4.79 Å². The van der Waals surface area contributed by atoms with Crippen LogP contribution in [0.4, 0.5) is 5.13 Å². The van der Waals surface area contributed by atoms with E-state index in [0.29, 0.717) is 26.2 Å². The van der Waals surface area contributed by atoms with Gasteiger partial charge < -0.3 is 14.5 Å². The van der Waals surface area contributed by atoms with Crippen molar-refractivity contribution in [2.24, 2.45) is 0 Å². The molecule has 0 atom stereocenters. The zero-order valence-electron chi connectivity index (χ0n) is 16.9. The van der Waals surface area contributed by atoms with Crippen molar-refractivity contribution in [3.8, 4) is 5.75 Å². The summed E-state index contributed by atoms with van der Waals surface area (Å²) < 4.78 is 31.5. The molecule has 0 saturated carbocycles. The summed E-state index contributed by atoms with van der Waals surface area (Å²) in [4.78, 5) is 21.3. The fraction of sp³-hybridized carbons (Fsp3) is 0.333. The van der Waals surface area contributed by atoms with E-state index in [0.717, 1.165) is 26.7 Å². The first-order valence-electron chi connectivity index (χ1n) is 9.64. The molecule has 0 spiro atoms. The molecule has 9 heteroatoms. The molecule has 0 aliphatic carbocycles. The molecule has 3 aromatic rings. The van der Waals surface area contributed by atoms with E-state index in [1.165, 1.54) is 12.1 Å². The first-order chi connectivity index (χ1) is 14.4. The molecule has 2 heterocycles. The minimum atomic E-state index is -3.63. The lowest BCUT2D eigenvalue weighted by molar-refractivity contribution is -0.128. The smallest absolute Gasteiger partial charge is 0.238 e. The second-order valence-corrected chi connectivity index (χ2v) is 10.2. The molecule has 1 amide bonds. The number of aryl methyl sites for hydroxylation is 1. The van der Waals surface area contributed by atoms with Crippen molar-refractivity contribution < 1.29 is 17.9 Å². The molecule has 1 aromatic heterocycles. The topological polar surface area (TPSA) is 79.8 Å². The summed E-state index contributed by atoms with van der Waals surface area (Å²) in [6, 6.07) is 12.0. The summed E-state index contributed by atoms with van der Waals surface area (Å²) in [7, 11) is -2.00. The summed E-state index contributed by atoms with van der Waals surface area (Å²) in [6.07, 6.45) is 0. The molecule has 0 unspecified atom stereocenters. The monoisotopic (exact) mass is 445 g/mol. The molecular weight excluding hydrogens is 422 g/mol. The van der Waals surface area contributed by atoms with Crippen LogP contribution in [-0.4, -0.2) is 63.3 Å². The van der Waals surface area contributed by atoms with Gasteiger partial charge >= 0.3 is 0 Å². The van der Waals surface area contributed by atoms with Crippen molar-refractivity contribution in [3.05, 3.63) is 48.0 Å². The Morgan fingerprint density at radius 2 is 1.80 bits per heavy atom. The largest absolute Gasteiger partial charge is 0.494 e. The first kappa shape index (κ1) is 20.6. The van der Waals surface area contributed by atoms with Crippen LogP contribution in [0, 0.1) is 6.92 Å².